The van der Waals surface area contributed by atoms with Crippen LogP contribution in [-0.4, -0.2) is 10.9 Å². The topological polar surface area (TPSA) is 48.8 Å². The van der Waals surface area contributed by atoms with Crippen LogP contribution in [0.3, 0.4) is 0 Å². The maximum atomic E-state index is 10.5. The summed E-state index contributed by atoms with van der Waals surface area (Å²) >= 11 is 0. The number of aryl methyl sites for hydroxylation is 1. The third kappa shape index (κ3) is 3.18. The molecule has 0 unspecified atom stereocenters. The van der Waals surface area contributed by atoms with Gasteiger partial charge in [0.1, 0.15) is 0 Å². The lowest BCUT2D eigenvalue weighted by molar-refractivity contribution is -0.669. The van der Waals surface area contributed by atoms with E-state index in [0.29, 0.717) is 0 Å². The Kier molecular flexibility index (Phi) is 3.81. The Balaban J connectivity index is 0.000001000. The van der Waals surface area contributed by atoms with E-state index < -0.39 is 0 Å². The third-order valence-electron chi connectivity index (χ3n) is 1.07. The van der Waals surface area contributed by atoms with Gasteiger partial charge in [-0.05, 0) is 0 Å². The Labute approximate surface area is 75.4 Å². The molecule has 1 amide bonds. The van der Waals surface area contributed by atoms with Crippen molar-refractivity contribution in [3.63, 3.8) is 0 Å². The highest BCUT2D eigenvalue weighted by Gasteiger charge is 2.01. The van der Waals surface area contributed by atoms with E-state index >= 15 is 0 Å². The smallest absolute Gasteiger partial charge is 0.243 e. The number of aromatic amines is 1. The minimum atomic E-state index is -0.0672. The number of nitrogens with zero attached hydrogens (tertiary/aromatic N) is 1. The Morgan fingerprint density at radius 2 is 2.36 bits per heavy atom. The van der Waals surface area contributed by atoms with Crippen LogP contribution >= 0.6 is 0 Å². The first-order chi connectivity index (χ1) is 4.68. The number of rotatable bonds is 1. The zero-order valence-electron chi connectivity index (χ0n) is 6.39. The first kappa shape index (κ1) is 10.2. The predicted molar refractivity (Wildman–Crippen MR) is 36.3 cm³/mol. The van der Waals surface area contributed by atoms with Crippen molar-refractivity contribution >= 4 is 11.7 Å². The van der Waals surface area contributed by atoms with Crippen molar-refractivity contribution in [2.75, 3.05) is 5.32 Å². The minimum absolute atomic E-state index is 0. The van der Waals surface area contributed by atoms with Crippen LogP contribution in [0.2, 0.25) is 0 Å². The van der Waals surface area contributed by atoms with Crippen LogP contribution < -0.4 is 26.9 Å². The number of carbonyl (C=O) groups excluding carboxylic acids is 1. The van der Waals surface area contributed by atoms with Gasteiger partial charge in [0, 0.05) is 6.92 Å². The highest BCUT2D eigenvalue weighted by atomic mass is 79.9. The summed E-state index contributed by atoms with van der Waals surface area (Å²) in [5, 5.41) is 2.61. The molecule has 1 heterocycles. The maximum Gasteiger partial charge on any atom is 0.243 e. The average molecular weight is 220 g/mol. The SMILES string of the molecule is CC(=O)Nc1c[n+](C)c[nH]1.[Br-]. The molecule has 0 spiro atoms. The molecule has 0 bridgehead atoms. The molecule has 11 heavy (non-hydrogen) atoms. The van der Waals surface area contributed by atoms with Gasteiger partial charge >= 0.3 is 0 Å². The average Bonchev–Trinajstić information content (AvgIpc) is 2.13. The highest BCUT2D eigenvalue weighted by molar-refractivity contribution is 5.87. The molecule has 0 fully saturated rings. The highest BCUT2D eigenvalue weighted by Crippen LogP contribution is 1.94. The number of carbonyl (C=O) groups is 1. The molecule has 2 N–H and O–H groups in total. The second kappa shape index (κ2) is 4.12. The first-order valence-electron chi connectivity index (χ1n) is 3.00. The molecule has 4 nitrogen and oxygen atoms in total. The Bertz CT molecular complexity index is 246. The molecule has 0 aliphatic rings. The molecule has 0 atom stereocenters. The molecule has 62 valence electrons. The molecule has 0 saturated heterocycles. The lowest BCUT2D eigenvalue weighted by Crippen LogP contribution is -3.00. The van der Waals surface area contributed by atoms with Crippen LogP contribution in [0.5, 0.6) is 0 Å². The molecule has 1 aromatic rings. The van der Waals surface area contributed by atoms with Gasteiger partial charge in [-0.2, -0.15) is 0 Å². The first-order valence-corrected chi connectivity index (χ1v) is 3.00. The van der Waals surface area contributed by atoms with Crippen molar-refractivity contribution in [3.8, 4) is 0 Å². The number of anilines is 1. The van der Waals surface area contributed by atoms with Crippen LogP contribution in [0.4, 0.5) is 5.82 Å². The van der Waals surface area contributed by atoms with Gasteiger partial charge in [0.25, 0.3) is 0 Å². The summed E-state index contributed by atoms with van der Waals surface area (Å²) in [6.45, 7) is 1.47. The van der Waals surface area contributed by atoms with E-state index in [4.69, 9.17) is 0 Å². The van der Waals surface area contributed by atoms with Gasteiger partial charge in [0.2, 0.25) is 18.1 Å². The summed E-state index contributed by atoms with van der Waals surface area (Å²) in [6.07, 6.45) is 3.55. The van der Waals surface area contributed by atoms with Crippen molar-refractivity contribution in [1.82, 2.24) is 4.98 Å². The predicted octanol–water partition coefficient (Wildman–Crippen LogP) is -3.20. The summed E-state index contributed by atoms with van der Waals surface area (Å²) in [4.78, 5) is 13.3. The molecule has 0 aromatic carbocycles. The van der Waals surface area contributed by atoms with E-state index in [1.54, 1.807) is 12.5 Å². The summed E-state index contributed by atoms with van der Waals surface area (Å²) in [5.41, 5.74) is 0. The molecule has 1 aromatic heterocycles. The van der Waals surface area contributed by atoms with Crippen LogP contribution in [0.15, 0.2) is 12.5 Å². The molecule has 0 saturated carbocycles. The Morgan fingerprint density at radius 1 is 1.73 bits per heavy atom. The molecular formula is C6H10BrN3O. The van der Waals surface area contributed by atoms with E-state index in [0.717, 1.165) is 5.82 Å². The molecule has 1 rings (SSSR count). The quantitative estimate of drug-likeness (QED) is 0.481. The number of hydrogen-bond donors (Lipinski definition) is 2. The fraction of sp³-hybridized carbons (Fsp3) is 0.333. The van der Waals surface area contributed by atoms with E-state index in [2.05, 4.69) is 10.3 Å². The van der Waals surface area contributed by atoms with E-state index in [9.17, 15) is 4.79 Å². The van der Waals surface area contributed by atoms with Crippen molar-refractivity contribution in [2.45, 2.75) is 6.92 Å². The number of H-pyrrole nitrogens is 1. The molecular weight excluding hydrogens is 210 g/mol. The number of amides is 1. The van der Waals surface area contributed by atoms with Crippen molar-refractivity contribution in [2.24, 2.45) is 7.05 Å². The minimum Gasteiger partial charge on any atom is -1.00 e. The van der Waals surface area contributed by atoms with Crippen LogP contribution in [0.25, 0.3) is 0 Å². The maximum absolute atomic E-state index is 10.5. The van der Waals surface area contributed by atoms with Gasteiger partial charge < -0.3 is 17.0 Å². The normalized spacial score (nSPS) is 8.55. The van der Waals surface area contributed by atoms with Gasteiger partial charge in [-0.1, -0.05) is 0 Å². The zero-order valence-corrected chi connectivity index (χ0v) is 7.97. The molecule has 5 heteroatoms. The standard InChI is InChI=1S/C6H9N3O.BrH/c1-5(10)8-6-3-9(2)4-7-6;/h3-4H,1-2H3,(H,8,10);1H. The number of imidazole rings is 1. The van der Waals surface area contributed by atoms with Gasteiger partial charge in [0.15, 0.2) is 6.20 Å². The van der Waals surface area contributed by atoms with Gasteiger partial charge in [-0.25, -0.2) is 9.55 Å². The van der Waals surface area contributed by atoms with E-state index in [1.807, 2.05) is 11.6 Å². The fourth-order valence-electron chi connectivity index (χ4n) is 0.708. The lowest BCUT2D eigenvalue weighted by Gasteiger charge is -1.88. The summed E-state index contributed by atoms with van der Waals surface area (Å²) in [5.74, 6) is 0.650. The lowest BCUT2D eigenvalue weighted by atomic mass is 10.6. The summed E-state index contributed by atoms with van der Waals surface area (Å²) in [6, 6.07) is 0. The second-order valence-corrected chi connectivity index (χ2v) is 2.16. The number of nitrogens with one attached hydrogen (secondary N) is 2. The number of halogens is 1. The fourth-order valence-corrected chi connectivity index (χ4v) is 0.708. The van der Waals surface area contributed by atoms with Crippen LogP contribution in [-0.2, 0) is 11.8 Å². The molecule has 0 radical (unpaired) electrons. The van der Waals surface area contributed by atoms with Crippen molar-refractivity contribution in [3.05, 3.63) is 12.5 Å². The van der Waals surface area contributed by atoms with Crippen LogP contribution in [0, 0.1) is 0 Å². The van der Waals surface area contributed by atoms with Gasteiger partial charge in [0.05, 0.1) is 7.05 Å². The summed E-state index contributed by atoms with van der Waals surface area (Å²) < 4.78 is 1.82. The molecule has 0 aliphatic carbocycles. The largest absolute Gasteiger partial charge is 1.00 e. The van der Waals surface area contributed by atoms with Gasteiger partial charge in [-0.15, -0.1) is 0 Å². The third-order valence-corrected chi connectivity index (χ3v) is 1.07. The van der Waals surface area contributed by atoms with E-state index in [-0.39, 0.29) is 22.9 Å². The van der Waals surface area contributed by atoms with E-state index in [1.165, 1.54) is 6.92 Å². The van der Waals surface area contributed by atoms with Crippen molar-refractivity contribution < 1.29 is 26.3 Å². The van der Waals surface area contributed by atoms with Gasteiger partial charge in [-0.3, -0.25) is 10.1 Å². The summed E-state index contributed by atoms with van der Waals surface area (Å²) in [7, 11) is 1.88. The van der Waals surface area contributed by atoms with Crippen molar-refractivity contribution in [1.29, 1.82) is 0 Å². The number of aromatic nitrogens is 2. The monoisotopic (exact) mass is 219 g/mol. The Hall–Kier alpha value is -0.840. The second-order valence-electron chi connectivity index (χ2n) is 2.16. The number of hydrogen-bond acceptors (Lipinski definition) is 1. The zero-order chi connectivity index (χ0) is 7.56. The molecule has 0 aliphatic heterocycles. The van der Waals surface area contributed by atoms with Crippen LogP contribution in [0.1, 0.15) is 6.92 Å². The Morgan fingerprint density at radius 3 is 2.73 bits per heavy atom.